The minimum atomic E-state index is -0.357. The van der Waals surface area contributed by atoms with Gasteiger partial charge < -0.3 is 10.6 Å². The first-order valence-corrected chi connectivity index (χ1v) is 10.9. The fourth-order valence-corrected chi connectivity index (χ4v) is 4.03. The molecular formula is C25H26FN5O2. The molecule has 1 aliphatic rings. The summed E-state index contributed by atoms with van der Waals surface area (Å²) in [4.78, 5) is 36.5. The van der Waals surface area contributed by atoms with Crippen molar-refractivity contribution < 1.29 is 14.0 Å². The molecule has 0 spiro atoms. The molecule has 1 aliphatic heterocycles. The van der Waals surface area contributed by atoms with Gasteiger partial charge in [-0.1, -0.05) is 30.3 Å². The summed E-state index contributed by atoms with van der Waals surface area (Å²) in [5.74, 6) is -0.220. The van der Waals surface area contributed by atoms with Crippen LogP contribution in [-0.2, 0) is 11.3 Å². The SMILES string of the molecule is Cc1ncc(C(=O)NCc2ccccc2)c([C@@H]2CCCN2CC(=O)Nc2ccc(F)cc2)n1. The quantitative estimate of drug-likeness (QED) is 0.578. The molecular weight excluding hydrogens is 421 g/mol. The van der Waals surface area contributed by atoms with Crippen LogP contribution in [0.3, 0.4) is 0 Å². The number of nitrogens with one attached hydrogen (secondary N) is 2. The third-order valence-electron chi connectivity index (χ3n) is 5.63. The van der Waals surface area contributed by atoms with Gasteiger partial charge in [-0.05, 0) is 56.1 Å². The standard InChI is InChI=1S/C25H26FN5O2/c1-17-27-15-21(25(33)28-14-18-6-3-2-4-7-18)24(29-17)22-8-5-13-31(22)16-23(32)30-20-11-9-19(26)10-12-20/h2-4,6-7,9-12,15,22H,5,8,13-14,16H2,1H3,(H,28,33)(H,30,32)/t22-/m0/s1. The van der Waals surface area contributed by atoms with E-state index in [0.717, 1.165) is 24.9 Å². The maximum atomic E-state index is 13.1. The summed E-state index contributed by atoms with van der Waals surface area (Å²) >= 11 is 0. The molecule has 2 heterocycles. The van der Waals surface area contributed by atoms with Crippen LogP contribution >= 0.6 is 0 Å². The molecule has 8 heteroatoms. The minimum absolute atomic E-state index is 0.149. The molecule has 170 valence electrons. The Hall–Kier alpha value is -3.65. The predicted octanol–water partition coefficient (Wildman–Crippen LogP) is 3.63. The number of aryl methyl sites for hydroxylation is 1. The fourth-order valence-electron chi connectivity index (χ4n) is 4.03. The molecule has 33 heavy (non-hydrogen) atoms. The van der Waals surface area contributed by atoms with E-state index in [1.54, 1.807) is 13.1 Å². The van der Waals surface area contributed by atoms with Crippen molar-refractivity contribution in [2.75, 3.05) is 18.4 Å². The Morgan fingerprint density at radius 2 is 1.88 bits per heavy atom. The van der Waals surface area contributed by atoms with Crippen LogP contribution in [0, 0.1) is 12.7 Å². The summed E-state index contributed by atoms with van der Waals surface area (Å²) in [6.07, 6.45) is 3.24. The van der Waals surface area contributed by atoms with Crippen molar-refractivity contribution in [3.8, 4) is 0 Å². The van der Waals surface area contributed by atoms with Crippen LogP contribution in [0.2, 0.25) is 0 Å². The second kappa shape index (κ2) is 10.3. The Labute approximate surface area is 192 Å². The number of carbonyl (C=O) groups is 2. The smallest absolute Gasteiger partial charge is 0.255 e. The lowest BCUT2D eigenvalue weighted by Crippen LogP contribution is -2.35. The number of carbonyl (C=O) groups excluding carboxylic acids is 2. The van der Waals surface area contributed by atoms with E-state index in [-0.39, 0.29) is 30.2 Å². The first kappa shape index (κ1) is 22.5. The molecule has 0 bridgehead atoms. The maximum absolute atomic E-state index is 13.1. The van der Waals surface area contributed by atoms with Gasteiger partial charge in [0.1, 0.15) is 11.6 Å². The number of amides is 2. The van der Waals surface area contributed by atoms with Crippen LogP contribution in [0.4, 0.5) is 10.1 Å². The Morgan fingerprint density at radius 1 is 1.12 bits per heavy atom. The van der Waals surface area contributed by atoms with E-state index >= 15 is 0 Å². The number of anilines is 1. The predicted molar refractivity (Wildman–Crippen MR) is 123 cm³/mol. The summed E-state index contributed by atoms with van der Waals surface area (Å²) in [6.45, 7) is 3.06. The van der Waals surface area contributed by atoms with Crippen LogP contribution in [0.5, 0.6) is 0 Å². The van der Waals surface area contributed by atoms with E-state index in [0.29, 0.717) is 29.3 Å². The Kier molecular flexibility index (Phi) is 7.04. The number of benzene rings is 2. The van der Waals surface area contributed by atoms with E-state index in [9.17, 15) is 14.0 Å². The minimum Gasteiger partial charge on any atom is -0.348 e. The lowest BCUT2D eigenvalue weighted by atomic mass is 10.0. The average molecular weight is 448 g/mol. The van der Waals surface area contributed by atoms with E-state index in [4.69, 9.17) is 0 Å². The van der Waals surface area contributed by atoms with Crippen LogP contribution in [0.25, 0.3) is 0 Å². The van der Waals surface area contributed by atoms with Crippen LogP contribution in [0.1, 0.15) is 46.3 Å². The molecule has 0 saturated carbocycles. The van der Waals surface area contributed by atoms with Crippen molar-refractivity contribution in [3.05, 3.63) is 89.3 Å². The zero-order valence-electron chi connectivity index (χ0n) is 18.4. The molecule has 0 unspecified atom stereocenters. The first-order chi connectivity index (χ1) is 16.0. The number of likely N-dealkylation sites (tertiary alicyclic amines) is 1. The van der Waals surface area contributed by atoms with Crippen molar-refractivity contribution in [2.24, 2.45) is 0 Å². The molecule has 1 atom stereocenters. The highest BCUT2D eigenvalue weighted by Crippen LogP contribution is 2.32. The molecule has 4 rings (SSSR count). The summed E-state index contributed by atoms with van der Waals surface area (Å²) in [7, 11) is 0. The lowest BCUT2D eigenvalue weighted by Gasteiger charge is -2.25. The molecule has 2 aromatic carbocycles. The average Bonchev–Trinajstić information content (AvgIpc) is 3.27. The molecule has 7 nitrogen and oxygen atoms in total. The van der Waals surface area contributed by atoms with Crippen molar-refractivity contribution in [3.63, 3.8) is 0 Å². The second-order valence-corrected chi connectivity index (χ2v) is 8.07. The van der Waals surface area contributed by atoms with Gasteiger partial charge in [0.05, 0.1) is 23.8 Å². The first-order valence-electron chi connectivity index (χ1n) is 10.9. The van der Waals surface area contributed by atoms with Crippen LogP contribution < -0.4 is 10.6 Å². The van der Waals surface area contributed by atoms with Gasteiger partial charge in [0.15, 0.2) is 0 Å². The maximum Gasteiger partial charge on any atom is 0.255 e. The van der Waals surface area contributed by atoms with Crippen molar-refractivity contribution in [1.29, 1.82) is 0 Å². The van der Waals surface area contributed by atoms with E-state index in [1.165, 1.54) is 24.3 Å². The van der Waals surface area contributed by atoms with E-state index < -0.39 is 0 Å². The molecule has 0 radical (unpaired) electrons. The zero-order valence-corrected chi connectivity index (χ0v) is 18.4. The Balaban J connectivity index is 1.47. The van der Waals surface area contributed by atoms with Crippen molar-refractivity contribution >= 4 is 17.5 Å². The number of hydrogen-bond donors (Lipinski definition) is 2. The fraction of sp³-hybridized carbons (Fsp3) is 0.280. The highest BCUT2D eigenvalue weighted by Gasteiger charge is 2.32. The van der Waals surface area contributed by atoms with Gasteiger partial charge in [0.25, 0.3) is 5.91 Å². The molecule has 2 amide bonds. The normalized spacial score (nSPS) is 15.9. The van der Waals surface area contributed by atoms with Gasteiger partial charge in [-0.15, -0.1) is 0 Å². The molecule has 3 aromatic rings. The van der Waals surface area contributed by atoms with Crippen molar-refractivity contribution in [1.82, 2.24) is 20.2 Å². The topological polar surface area (TPSA) is 87.2 Å². The van der Waals surface area contributed by atoms with Crippen LogP contribution in [-0.4, -0.2) is 39.8 Å². The van der Waals surface area contributed by atoms with Gasteiger partial charge in [-0.2, -0.15) is 0 Å². The Bertz CT molecular complexity index is 1120. The van der Waals surface area contributed by atoms with Gasteiger partial charge >= 0.3 is 0 Å². The zero-order chi connectivity index (χ0) is 23.2. The number of aromatic nitrogens is 2. The molecule has 1 aromatic heterocycles. The summed E-state index contributed by atoms with van der Waals surface area (Å²) in [5, 5.41) is 5.74. The van der Waals surface area contributed by atoms with Gasteiger partial charge in [0.2, 0.25) is 5.91 Å². The molecule has 1 saturated heterocycles. The number of rotatable bonds is 7. The number of hydrogen-bond acceptors (Lipinski definition) is 5. The molecule has 2 N–H and O–H groups in total. The van der Waals surface area contributed by atoms with Gasteiger partial charge in [0, 0.05) is 18.4 Å². The number of nitrogens with zero attached hydrogens (tertiary/aromatic N) is 3. The molecule has 0 aliphatic carbocycles. The lowest BCUT2D eigenvalue weighted by molar-refractivity contribution is -0.117. The summed E-state index contributed by atoms with van der Waals surface area (Å²) in [6, 6.07) is 15.2. The monoisotopic (exact) mass is 447 g/mol. The third kappa shape index (κ3) is 5.78. The Morgan fingerprint density at radius 3 is 2.64 bits per heavy atom. The van der Waals surface area contributed by atoms with Crippen LogP contribution in [0.15, 0.2) is 60.8 Å². The van der Waals surface area contributed by atoms with E-state index in [2.05, 4.69) is 20.6 Å². The molecule has 1 fully saturated rings. The summed E-state index contributed by atoms with van der Waals surface area (Å²) < 4.78 is 13.1. The van der Waals surface area contributed by atoms with E-state index in [1.807, 2.05) is 35.2 Å². The third-order valence-corrected chi connectivity index (χ3v) is 5.63. The second-order valence-electron chi connectivity index (χ2n) is 8.07. The number of halogens is 1. The van der Waals surface area contributed by atoms with Crippen molar-refractivity contribution in [2.45, 2.75) is 32.4 Å². The highest BCUT2D eigenvalue weighted by molar-refractivity contribution is 5.95. The highest BCUT2D eigenvalue weighted by atomic mass is 19.1. The van der Waals surface area contributed by atoms with Gasteiger partial charge in [-0.25, -0.2) is 14.4 Å². The van der Waals surface area contributed by atoms with Gasteiger partial charge in [-0.3, -0.25) is 14.5 Å². The largest absolute Gasteiger partial charge is 0.348 e. The summed E-state index contributed by atoms with van der Waals surface area (Å²) in [5.41, 5.74) is 2.60.